The van der Waals surface area contributed by atoms with Crippen molar-refractivity contribution in [2.75, 3.05) is 30.3 Å². The lowest BCUT2D eigenvalue weighted by Crippen LogP contribution is -2.35. The third kappa shape index (κ3) is 7.81. The predicted molar refractivity (Wildman–Crippen MR) is 197 cm³/mol. The molecule has 4 N–H and O–H groups in total. The number of benzene rings is 2. The van der Waals surface area contributed by atoms with Crippen LogP contribution >= 0.6 is 0 Å². The molecule has 2 aliphatic heterocycles. The summed E-state index contributed by atoms with van der Waals surface area (Å²) >= 11 is 0. The maximum Gasteiger partial charge on any atom is 0.355 e. The quantitative estimate of drug-likeness (QED) is 0.107. The summed E-state index contributed by atoms with van der Waals surface area (Å²) in [6.45, 7) is 8.68. The number of nitrogens with two attached hydrogens (primary N) is 1. The lowest BCUT2D eigenvalue weighted by molar-refractivity contribution is -0.116. The number of carbonyl (C=O) groups excluding carboxylic acids is 4. The highest BCUT2D eigenvalue weighted by Crippen LogP contribution is 2.35. The fraction of sp³-hybridized carbons (Fsp3) is 0.316. The zero-order chi connectivity index (χ0) is 37.1. The minimum Gasteiger partial charge on any atom is -0.493 e. The lowest BCUT2D eigenvalue weighted by atomic mass is 10.1. The number of nitrogens with one attached hydrogen (secondary N) is 2. The van der Waals surface area contributed by atoms with Gasteiger partial charge in [-0.3, -0.25) is 19.4 Å². The summed E-state index contributed by atoms with van der Waals surface area (Å²) in [6.07, 6.45) is 6.11. The number of nitrogens with zero attached hydrogens (tertiary/aromatic N) is 5. The highest BCUT2D eigenvalue weighted by molar-refractivity contribution is 6.04. The molecule has 14 heteroatoms. The number of ether oxygens (including phenoxy) is 2. The lowest BCUT2D eigenvalue weighted by Gasteiger charge is -2.20. The summed E-state index contributed by atoms with van der Waals surface area (Å²) < 4.78 is 14.5. The molecular formula is C38H42N8O6. The first-order valence-electron chi connectivity index (χ1n) is 17.0. The molecule has 52 heavy (non-hydrogen) atoms. The third-order valence-corrected chi connectivity index (χ3v) is 8.95. The van der Waals surface area contributed by atoms with Gasteiger partial charge in [0.1, 0.15) is 17.5 Å². The van der Waals surface area contributed by atoms with Gasteiger partial charge in [-0.05, 0) is 62.1 Å². The number of hydrogen-bond donors (Lipinski definition) is 3. The van der Waals surface area contributed by atoms with E-state index in [2.05, 4.69) is 27.2 Å². The van der Waals surface area contributed by atoms with E-state index in [-0.39, 0.29) is 55.2 Å². The number of aliphatic imine (C=N–C) groups is 1. The SMILES string of the molecule is C=C1C[C@H]2C=Nc3cc(OCCCC(=O)Nc4cn(C)c(C(=O)Nc5ccc(-c6cc(C(=O)OC(C)CN)n(C)c6)cc5)n4)c(C)cc3C(=O)N2C1. The van der Waals surface area contributed by atoms with Crippen LogP contribution in [-0.4, -0.2) is 80.8 Å². The van der Waals surface area contributed by atoms with Gasteiger partial charge in [-0.1, -0.05) is 24.3 Å². The Balaban J connectivity index is 0.986. The van der Waals surface area contributed by atoms with E-state index >= 15 is 0 Å². The van der Waals surface area contributed by atoms with Crippen molar-refractivity contribution < 1.29 is 28.7 Å². The fourth-order valence-corrected chi connectivity index (χ4v) is 6.12. The van der Waals surface area contributed by atoms with E-state index in [4.69, 9.17) is 15.2 Å². The van der Waals surface area contributed by atoms with Gasteiger partial charge in [0, 0.05) is 69.5 Å². The predicted octanol–water partition coefficient (Wildman–Crippen LogP) is 4.77. The topological polar surface area (TPSA) is 175 Å². The van der Waals surface area contributed by atoms with Crippen LogP contribution in [0.15, 0.2) is 72.0 Å². The molecule has 1 saturated heterocycles. The Labute approximate surface area is 301 Å². The summed E-state index contributed by atoms with van der Waals surface area (Å²) in [5.74, 6) is -0.263. The van der Waals surface area contributed by atoms with E-state index in [0.717, 1.165) is 22.3 Å². The second-order valence-electron chi connectivity index (χ2n) is 13.1. The monoisotopic (exact) mass is 706 g/mol. The van der Waals surface area contributed by atoms with Crippen LogP contribution in [0.5, 0.6) is 5.75 Å². The third-order valence-electron chi connectivity index (χ3n) is 8.95. The van der Waals surface area contributed by atoms with Crippen LogP contribution in [0.2, 0.25) is 0 Å². The molecule has 0 aliphatic carbocycles. The van der Waals surface area contributed by atoms with Crippen LogP contribution in [0.4, 0.5) is 17.2 Å². The molecule has 4 aromatic rings. The van der Waals surface area contributed by atoms with Gasteiger partial charge >= 0.3 is 5.97 Å². The highest BCUT2D eigenvalue weighted by Gasteiger charge is 2.34. The highest BCUT2D eigenvalue weighted by atomic mass is 16.5. The van der Waals surface area contributed by atoms with E-state index in [9.17, 15) is 19.2 Å². The second kappa shape index (κ2) is 15.1. The van der Waals surface area contributed by atoms with E-state index in [1.807, 2.05) is 25.3 Å². The normalized spacial score (nSPS) is 15.5. The average Bonchev–Trinajstić information content (AvgIpc) is 3.79. The molecule has 1 unspecified atom stereocenters. The van der Waals surface area contributed by atoms with Crippen molar-refractivity contribution in [1.82, 2.24) is 19.0 Å². The van der Waals surface area contributed by atoms with Crippen LogP contribution in [0.1, 0.15) is 63.2 Å². The zero-order valence-electron chi connectivity index (χ0n) is 29.6. The Morgan fingerprint density at radius 1 is 1.06 bits per heavy atom. The van der Waals surface area contributed by atoms with Crippen molar-refractivity contribution in [3.8, 4) is 16.9 Å². The number of rotatable bonds is 12. The molecule has 2 aromatic carbocycles. The maximum atomic E-state index is 13.1. The van der Waals surface area contributed by atoms with Crippen molar-refractivity contribution >= 4 is 47.1 Å². The number of carbonyl (C=O) groups is 4. The first-order chi connectivity index (χ1) is 24.9. The van der Waals surface area contributed by atoms with E-state index in [1.54, 1.807) is 73.2 Å². The zero-order valence-corrected chi connectivity index (χ0v) is 29.6. The standard InChI is InChI=1S/C38H42N8O6/c1-22-13-28-18-40-30-16-32(23(2)14-29(30)37(49)46(28)19-22)51-12-6-7-34(47)42-33-21-45(5)35(43-33)36(48)41-27-10-8-25(9-11-27)26-15-31(44(4)20-26)38(50)52-24(3)17-39/h8-11,14-16,18,20-21,24,28H,1,6-7,12-13,17,19,39H2,2-5H3,(H,41,48)(H,42,47)/t24?,28-/m0/s1. The first kappa shape index (κ1) is 35.8. The molecule has 6 rings (SSSR count). The molecule has 0 bridgehead atoms. The molecule has 0 spiro atoms. The number of imidazole rings is 1. The molecule has 0 saturated carbocycles. The summed E-state index contributed by atoms with van der Waals surface area (Å²) in [6, 6.07) is 12.4. The number of amides is 3. The molecule has 2 aliphatic rings. The van der Waals surface area contributed by atoms with E-state index in [0.29, 0.717) is 47.8 Å². The van der Waals surface area contributed by atoms with Crippen molar-refractivity contribution in [1.29, 1.82) is 0 Å². The minimum absolute atomic E-state index is 0.0644. The van der Waals surface area contributed by atoms with E-state index < -0.39 is 11.9 Å². The molecule has 2 aromatic heterocycles. The molecule has 2 atom stereocenters. The van der Waals surface area contributed by atoms with E-state index in [1.165, 1.54) is 4.57 Å². The Kier molecular flexibility index (Phi) is 10.4. The summed E-state index contributed by atoms with van der Waals surface area (Å²) in [4.78, 5) is 62.1. The molecule has 270 valence electrons. The van der Waals surface area contributed by atoms with Gasteiger partial charge in [0.05, 0.1) is 23.9 Å². The molecule has 0 radical (unpaired) electrons. The van der Waals surface area contributed by atoms with Crippen LogP contribution in [0.3, 0.4) is 0 Å². The van der Waals surface area contributed by atoms with Crippen molar-refractivity contribution in [3.05, 3.63) is 89.7 Å². The number of fused-ring (bicyclic) bond motifs is 2. The fourth-order valence-electron chi connectivity index (χ4n) is 6.12. The molecule has 14 nitrogen and oxygen atoms in total. The molecule has 4 heterocycles. The van der Waals surface area contributed by atoms with Gasteiger partial charge in [0.15, 0.2) is 5.82 Å². The Morgan fingerprint density at radius 2 is 1.83 bits per heavy atom. The van der Waals surface area contributed by atoms with Crippen LogP contribution in [-0.2, 0) is 23.6 Å². The van der Waals surface area contributed by atoms with Gasteiger partial charge in [-0.15, -0.1) is 0 Å². The first-order valence-corrected chi connectivity index (χ1v) is 17.0. The Morgan fingerprint density at radius 3 is 2.58 bits per heavy atom. The summed E-state index contributed by atoms with van der Waals surface area (Å²) in [7, 11) is 3.43. The van der Waals surface area contributed by atoms with Crippen molar-refractivity contribution in [2.45, 2.75) is 45.3 Å². The van der Waals surface area contributed by atoms with Gasteiger partial charge in [0.25, 0.3) is 11.8 Å². The smallest absolute Gasteiger partial charge is 0.355 e. The van der Waals surface area contributed by atoms with Gasteiger partial charge in [-0.25, -0.2) is 9.78 Å². The Hall–Kier alpha value is -6.02. The summed E-state index contributed by atoms with van der Waals surface area (Å²) in [5.41, 5.74) is 11.1. The minimum atomic E-state index is -0.453. The number of aromatic nitrogens is 3. The second-order valence-corrected chi connectivity index (χ2v) is 13.1. The number of aryl methyl sites for hydroxylation is 3. The average molecular weight is 707 g/mol. The number of hydrogen-bond acceptors (Lipinski definition) is 9. The summed E-state index contributed by atoms with van der Waals surface area (Å²) in [5, 5.41) is 5.58. The molecule has 3 amide bonds. The van der Waals surface area contributed by atoms with Gasteiger partial charge in [-0.2, -0.15) is 0 Å². The number of esters is 1. The Bertz CT molecular complexity index is 2080. The largest absolute Gasteiger partial charge is 0.493 e. The van der Waals surface area contributed by atoms with Gasteiger partial charge < -0.3 is 39.9 Å². The van der Waals surface area contributed by atoms with Crippen LogP contribution < -0.4 is 21.1 Å². The van der Waals surface area contributed by atoms with Crippen LogP contribution in [0, 0.1) is 6.92 Å². The van der Waals surface area contributed by atoms with Crippen molar-refractivity contribution in [2.24, 2.45) is 24.8 Å². The van der Waals surface area contributed by atoms with Gasteiger partial charge in [0.2, 0.25) is 11.7 Å². The molecular weight excluding hydrogens is 664 g/mol. The molecule has 1 fully saturated rings. The number of anilines is 2. The maximum absolute atomic E-state index is 13.1. The van der Waals surface area contributed by atoms with Crippen molar-refractivity contribution in [3.63, 3.8) is 0 Å². The van der Waals surface area contributed by atoms with Crippen LogP contribution in [0.25, 0.3) is 11.1 Å².